The van der Waals surface area contributed by atoms with Gasteiger partial charge in [-0.3, -0.25) is 0 Å². The molecule has 27 valence electrons. The second-order valence-electron chi connectivity index (χ2n) is 0. The molecule has 0 bridgehead atoms. The van der Waals surface area contributed by atoms with Crippen LogP contribution >= 0.6 is 0 Å². The SMILES string of the molecule is [In+3].[O-2].[O-2].[O-2].[Sm+3]. The van der Waals surface area contributed by atoms with Gasteiger partial charge in [0, 0.05) is 0 Å². The maximum absolute atomic E-state index is 0. The van der Waals surface area contributed by atoms with E-state index >= 15 is 0 Å². The minimum atomic E-state index is 0. The predicted molar refractivity (Wildman–Crippen MR) is 7.81 cm³/mol. The molecule has 0 aromatic rings. The molecule has 0 saturated heterocycles. The van der Waals surface area contributed by atoms with Crippen molar-refractivity contribution in [2.45, 2.75) is 0 Å². The maximum Gasteiger partial charge on any atom is 3.00 e. The smallest absolute Gasteiger partial charge is 2.00 e. The molecule has 0 unspecified atom stereocenters. The molecule has 0 amide bonds. The summed E-state index contributed by atoms with van der Waals surface area (Å²) in [5, 5.41) is 0. The van der Waals surface area contributed by atoms with E-state index in [0.29, 0.717) is 0 Å². The van der Waals surface area contributed by atoms with Crippen molar-refractivity contribution in [3.63, 3.8) is 0 Å². The Balaban J connectivity index is 0. The topological polar surface area (TPSA) is 85.5 Å². The van der Waals surface area contributed by atoms with Gasteiger partial charge in [-0.15, -0.1) is 0 Å². The van der Waals surface area contributed by atoms with Gasteiger partial charge in [0.1, 0.15) is 0 Å². The van der Waals surface area contributed by atoms with Crippen molar-refractivity contribution in [1.82, 2.24) is 0 Å². The van der Waals surface area contributed by atoms with Crippen molar-refractivity contribution < 1.29 is 56.8 Å². The Morgan fingerprint density at radius 1 is 0.600 bits per heavy atom. The summed E-state index contributed by atoms with van der Waals surface area (Å²) in [6.07, 6.45) is 0. The Kier molecular flexibility index (Phi) is 436. The molecule has 0 N–H and O–H groups in total. The fourth-order valence-corrected chi connectivity index (χ4v) is 0. The molecule has 0 fully saturated rings. The quantitative estimate of drug-likeness (QED) is 0.564. The molecule has 0 aromatic heterocycles. The van der Waals surface area contributed by atoms with Gasteiger partial charge in [0.05, 0.1) is 0 Å². The molecule has 0 saturated carbocycles. The first kappa shape index (κ1) is 60.3. The van der Waals surface area contributed by atoms with Gasteiger partial charge in [0.15, 0.2) is 0 Å². The van der Waals surface area contributed by atoms with Gasteiger partial charge in [0.25, 0.3) is 0 Å². The summed E-state index contributed by atoms with van der Waals surface area (Å²) in [5.74, 6) is 0. The molecule has 0 aliphatic carbocycles. The summed E-state index contributed by atoms with van der Waals surface area (Å²) < 4.78 is 0. The van der Waals surface area contributed by atoms with Gasteiger partial charge < -0.3 is 16.4 Å². The largest absolute Gasteiger partial charge is 3.00 e. The molecular formula is InO3Sm. The van der Waals surface area contributed by atoms with Crippen molar-refractivity contribution in [3.05, 3.63) is 0 Å². The van der Waals surface area contributed by atoms with Gasteiger partial charge in [0.2, 0.25) is 0 Å². The molecule has 0 heterocycles. The summed E-state index contributed by atoms with van der Waals surface area (Å²) in [5.41, 5.74) is 0. The number of hydrogen-bond acceptors (Lipinski definition) is 0. The van der Waals surface area contributed by atoms with E-state index in [4.69, 9.17) is 0 Å². The summed E-state index contributed by atoms with van der Waals surface area (Å²) in [6, 6.07) is 0. The van der Waals surface area contributed by atoms with E-state index < -0.39 is 0 Å². The molecule has 0 aliphatic heterocycles. The predicted octanol–water partition coefficient (Wildman–Crippen LogP) is -0.737. The zero-order valence-electron chi connectivity index (χ0n) is 2.21. The Morgan fingerprint density at radius 2 is 0.600 bits per heavy atom. The van der Waals surface area contributed by atoms with Crippen LogP contribution in [0.2, 0.25) is 0 Å². The van der Waals surface area contributed by atoms with E-state index in [1.54, 1.807) is 0 Å². The van der Waals surface area contributed by atoms with E-state index in [1.165, 1.54) is 0 Å². The van der Waals surface area contributed by atoms with Crippen LogP contribution in [-0.4, -0.2) is 25.8 Å². The van der Waals surface area contributed by atoms with Gasteiger partial charge in [-0.05, 0) is 0 Å². The first-order valence-corrected chi connectivity index (χ1v) is 0. The molecule has 3 nitrogen and oxygen atoms in total. The first-order chi connectivity index (χ1) is 0. The second-order valence-corrected chi connectivity index (χ2v) is 0. The van der Waals surface area contributed by atoms with Crippen LogP contribution in [-0.2, 0) is 16.4 Å². The van der Waals surface area contributed by atoms with Gasteiger partial charge in [-0.2, -0.15) is 0 Å². The standard InChI is InChI=1S/In.3O.Sm/q+3;3*-2;+3. The first-order valence-electron chi connectivity index (χ1n) is 0. The Morgan fingerprint density at radius 3 is 0.600 bits per heavy atom. The van der Waals surface area contributed by atoms with E-state index in [0.717, 1.165) is 0 Å². The Labute approximate surface area is 81.3 Å². The van der Waals surface area contributed by atoms with Crippen LogP contribution < -0.4 is 0 Å². The van der Waals surface area contributed by atoms with Crippen LogP contribution in [0.1, 0.15) is 0 Å². The molecule has 0 aliphatic rings. The minimum Gasteiger partial charge on any atom is -2.00 e. The molecular weight excluding hydrogens is 313 g/mol. The van der Waals surface area contributed by atoms with Crippen molar-refractivity contribution in [3.8, 4) is 0 Å². The third-order valence-corrected chi connectivity index (χ3v) is 0. The van der Waals surface area contributed by atoms with Crippen molar-refractivity contribution in [2.24, 2.45) is 0 Å². The maximum atomic E-state index is 0. The Hall–Kier alpha value is 2.09. The van der Waals surface area contributed by atoms with E-state index in [9.17, 15) is 0 Å². The van der Waals surface area contributed by atoms with Crippen LogP contribution in [0.5, 0.6) is 0 Å². The normalized spacial score (nSPS) is 0. The van der Waals surface area contributed by atoms with Crippen LogP contribution in [0.25, 0.3) is 0 Å². The molecule has 0 aromatic carbocycles. The monoisotopic (exact) mass is 315 g/mol. The van der Waals surface area contributed by atoms with Crippen molar-refractivity contribution in [1.29, 1.82) is 0 Å². The summed E-state index contributed by atoms with van der Waals surface area (Å²) in [6.45, 7) is 0. The number of hydrogen-bond donors (Lipinski definition) is 0. The van der Waals surface area contributed by atoms with E-state index in [2.05, 4.69) is 0 Å². The van der Waals surface area contributed by atoms with Crippen LogP contribution in [0.3, 0.4) is 0 Å². The van der Waals surface area contributed by atoms with E-state index in [-0.39, 0.29) is 82.7 Å². The molecule has 0 rings (SSSR count). The summed E-state index contributed by atoms with van der Waals surface area (Å²) >= 11 is 0. The average Bonchev–Trinajstić information content (AvgIpc) is 0. The van der Waals surface area contributed by atoms with Crippen LogP contribution in [0.4, 0.5) is 0 Å². The van der Waals surface area contributed by atoms with Crippen LogP contribution in [0.15, 0.2) is 0 Å². The van der Waals surface area contributed by atoms with Gasteiger partial charge >= 0.3 is 66.2 Å². The summed E-state index contributed by atoms with van der Waals surface area (Å²) in [7, 11) is 0. The molecule has 0 spiro atoms. The fraction of sp³-hybridized carbons (Fsp3) is 0. The molecule has 5 heavy (non-hydrogen) atoms. The van der Waals surface area contributed by atoms with Gasteiger partial charge in [-0.1, -0.05) is 0 Å². The third-order valence-electron chi connectivity index (χ3n) is 0. The van der Waals surface area contributed by atoms with Crippen molar-refractivity contribution >= 4 is 25.8 Å². The molecule has 5 heteroatoms. The number of rotatable bonds is 0. The second kappa shape index (κ2) is 36.2. The zero-order valence-corrected chi connectivity index (χ0v) is 8.13. The Bertz CT molecular complexity index is 6.85. The zero-order chi connectivity index (χ0) is 0. The molecule has 1 radical (unpaired) electrons. The third kappa shape index (κ3) is 23.3. The van der Waals surface area contributed by atoms with Crippen molar-refractivity contribution in [2.75, 3.05) is 0 Å². The van der Waals surface area contributed by atoms with E-state index in [1.807, 2.05) is 0 Å². The minimum absolute atomic E-state index is 0. The molecule has 0 atom stereocenters. The fourth-order valence-electron chi connectivity index (χ4n) is 0. The van der Waals surface area contributed by atoms with Gasteiger partial charge in [-0.25, -0.2) is 0 Å². The van der Waals surface area contributed by atoms with Crippen LogP contribution in [0, 0.1) is 40.4 Å². The summed E-state index contributed by atoms with van der Waals surface area (Å²) in [4.78, 5) is 0. The average molecular weight is 313 g/mol.